The summed E-state index contributed by atoms with van der Waals surface area (Å²) in [4.78, 5) is 11.5. The van der Waals surface area contributed by atoms with Crippen molar-refractivity contribution in [1.29, 1.82) is 0 Å². The molecule has 0 aromatic rings. The van der Waals surface area contributed by atoms with Gasteiger partial charge in [0.05, 0.1) is 0 Å². The SMILES string of the molecule is CC(=O)/C(C)=C/C=C(\C)S. The van der Waals surface area contributed by atoms with Crippen molar-refractivity contribution in [2.45, 2.75) is 20.8 Å². The lowest BCUT2D eigenvalue weighted by molar-refractivity contribution is -0.113. The van der Waals surface area contributed by atoms with Crippen LogP contribution in [0.4, 0.5) is 0 Å². The zero-order valence-electron chi connectivity index (χ0n) is 6.51. The normalized spacial score (nSPS) is 13.6. The molecule has 0 saturated carbocycles. The van der Waals surface area contributed by atoms with E-state index >= 15 is 0 Å². The molecular formula is C8H12OS. The van der Waals surface area contributed by atoms with Crippen LogP contribution in [0, 0.1) is 0 Å². The van der Waals surface area contributed by atoms with Crippen molar-refractivity contribution in [3.63, 3.8) is 0 Å². The van der Waals surface area contributed by atoms with Gasteiger partial charge in [-0.2, -0.15) is 0 Å². The summed E-state index contributed by atoms with van der Waals surface area (Å²) in [7, 11) is 0. The van der Waals surface area contributed by atoms with E-state index in [2.05, 4.69) is 12.6 Å². The molecule has 2 heteroatoms. The van der Waals surface area contributed by atoms with Gasteiger partial charge < -0.3 is 0 Å². The second-order valence-electron chi connectivity index (χ2n) is 2.21. The van der Waals surface area contributed by atoms with E-state index in [4.69, 9.17) is 0 Å². The van der Waals surface area contributed by atoms with E-state index < -0.39 is 0 Å². The summed E-state index contributed by atoms with van der Waals surface area (Å²) in [5.74, 6) is 0.103. The number of ketones is 1. The molecule has 0 aromatic carbocycles. The third-order valence-corrected chi connectivity index (χ3v) is 1.28. The minimum atomic E-state index is 0.103. The molecule has 0 aliphatic carbocycles. The molecule has 0 bridgehead atoms. The molecule has 0 heterocycles. The highest BCUT2D eigenvalue weighted by molar-refractivity contribution is 7.84. The van der Waals surface area contributed by atoms with Crippen LogP contribution in [0.5, 0.6) is 0 Å². The highest BCUT2D eigenvalue weighted by Gasteiger charge is 1.91. The third-order valence-electron chi connectivity index (χ3n) is 1.13. The van der Waals surface area contributed by atoms with Gasteiger partial charge in [-0.05, 0) is 31.2 Å². The molecular weight excluding hydrogens is 144 g/mol. The molecule has 0 rings (SSSR count). The minimum Gasteiger partial charge on any atom is -0.295 e. The molecule has 0 aromatic heterocycles. The average molecular weight is 156 g/mol. The summed E-state index contributed by atoms with van der Waals surface area (Å²) in [5.41, 5.74) is 0.758. The van der Waals surface area contributed by atoms with Gasteiger partial charge in [0.2, 0.25) is 0 Å². The van der Waals surface area contributed by atoms with Gasteiger partial charge in [-0.3, -0.25) is 4.79 Å². The molecule has 56 valence electrons. The first-order chi connectivity index (χ1) is 4.54. The van der Waals surface area contributed by atoms with Crippen LogP contribution < -0.4 is 0 Å². The molecule has 0 unspecified atom stereocenters. The Balaban J connectivity index is 4.19. The summed E-state index contributed by atoms with van der Waals surface area (Å²) in [6.45, 7) is 5.20. The van der Waals surface area contributed by atoms with E-state index in [1.54, 1.807) is 26.0 Å². The van der Waals surface area contributed by atoms with Gasteiger partial charge >= 0.3 is 0 Å². The molecule has 0 N–H and O–H groups in total. The summed E-state index contributed by atoms with van der Waals surface area (Å²) in [6, 6.07) is 0. The van der Waals surface area contributed by atoms with Crippen LogP contribution in [0.1, 0.15) is 20.8 Å². The second-order valence-corrected chi connectivity index (χ2v) is 2.92. The van der Waals surface area contributed by atoms with Gasteiger partial charge in [0.15, 0.2) is 5.78 Å². The maximum Gasteiger partial charge on any atom is 0.155 e. The lowest BCUT2D eigenvalue weighted by Gasteiger charge is -1.89. The van der Waals surface area contributed by atoms with Crippen LogP contribution in [0.25, 0.3) is 0 Å². The number of allylic oxidation sites excluding steroid dienone is 4. The van der Waals surface area contributed by atoms with Crippen LogP contribution in [0.3, 0.4) is 0 Å². The third kappa shape index (κ3) is 4.39. The maximum absolute atomic E-state index is 10.6. The van der Waals surface area contributed by atoms with Gasteiger partial charge in [-0.1, -0.05) is 12.2 Å². The van der Waals surface area contributed by atoms with Crippen LogP contribution in [-0.4, -0.2) is 5.78 Å². The molecule has 0 aliphatic heterocycles. The number of rotatable bonds is 2. The molecule has 0 fully saturated rings. The lowest BCUT2D eigenvalue weighted by Crippen LogP contribution is -1.89. The predicted molar refractivity (Wildman–Crippen MR) is 47.2 cm³/mol. The molecule has 0 amide bonds. The van der Waals surface area contributed by atoms with Gasteiger partial charge in [0.1, 0.15) is 0 Å². The quantitative estimate of drug-likeness (QED) is 0.369. The molecule has 0 radical (unpaired) electrons. The largest absolute Gasteiger partial charge is 0.295 e. The van der Waals surface area contributed by atoms with Gasteiger partial charge in [0, 0.05) is 0 Å². The van der Waals surface area contributed by atoms with Gasteiger partial charge in [-0.25, -0.2) is 0 Å². The Morgan fingerprint density at radius 2 is 1.70 bits per heavy atom. The fraction of sp³-hybridized carbons (Fsp3) is 0.375. The van der Waals surface area contributed by atoms with Crippen LogP contribution >= 0.6 is 12.6 Å². The molecule has 1 nitrogen and oxygen atoms in total. The summed E-state index contributed by atoms with van der Waals surface area (Å²) < 4.78 is 0. The van der Waals surface area contributed by atoms with Crippen molar-refractivity contribution in [3.8, 4) is 0 Å². The smallest absolute Gasteiger partial charge is 0.155 e. The Hall–Kier alpha value is -0.500. The summed E-state index contributed by atoms with van der Waals surface area (Å²) >= 11 is 4.05. The summed E-state index contributed by atoms with van der Waals surface area (Å²) in [5, 5.41) is 0. The summed E-state index contributed by atoms with van der Waals surface area (Å²) in [6.07, 6.45) is 3.57. The second kappa shape index (κ2) is 4.34. The first kappa shape index (κ1) is 9.50. The van der Waals surface area contributed by atoms with Crippen LogP contribution in [0.15, 0.2) is 22.6 Å². The number of hydrogen-bond donors (Lipinski definition) is 1. The predicted octanol–water partition coefficient (Wildman–Crippen LogP) is 2.36. The number of carbonyl (C=O) groups is 1. The van der Waals surface area contributed by atoms with Gasteiger partial charge in [0.25, 0.3) is 0 Å². The maximum atomic E-state index is 10.6. The topological polar surface area (TPSA) is 17.1 Å². The molecule has 10 heavy (non-hydrogen) atoms. The highest BCUT2D eigenvalue weighted by Crippen LogP contribution is 2.00. The Morgan fingerprint density at radius 3 is 2.00 bits per heavy atom. The first-order valence-electron chi connectivity index (χ1n) is 3.09. The zero-order valence-corrected chi connectivity index (χ0v) is 7.40. The average Bonchev–Trinajstić information content (AvgIpc) is 1.82. The van der Waals surface area contributed by atoms with Crippen molar-refractivity contribution in [3.05, 3.63) is 22.6 Å². The zero-order chi connectivity index (χ0) is 8.15. The van der Waals surface area contributed by atoms with Crippen molar-refractivity contribution >= 4 is 18.4 Å². The Bertz CT molecular complexity index is 185. The molecule has 0 atom stereocenters. The van der Waals surface area contributed by atoms with E-state index in [-0.39, 0.29) is 5.78 Å². The van der Waals surface area contributed by atoms with E-state index in [0.717, 1.165) is 10.5 Å². The highest BCUT2D eigenvalue weighted by atomic mass is 32.1. The van der Waals surface area contributed by atoms with Gasteiger partial charge in [-0.15, -0.1) is 12.6 Å². The standard InChI is InChI=1S/C8H12OS/c1-6(8(3)9)4-5-7(2)10/h4-5,10H,1-3H3/b6-4+,7-5+. The van der Waals surface area contributed by atoms with E-state index in [9.17, 15) is 4.79 Å². The Kier molecular flexibility index (Phi) is 4.12. The van der Waals surface area contributed by atoms with Crippen LogP contribution in [0.2, 0.25) is 0 Å². The number of hydrogen-bond acceptors (Lipinski definition) is 2. The van der Waals surface area contributed by atoms with Crippen molar-refractivity contribution in [2.24, 2.45) is 0 Å². The molecule has 0 spiro atoms. The van der Waals surface area contributed by atoms with E-state index in [1.165, 1.54) is 0 Å². The van der Waals surface area contributed by atoms with Crippen molar-refractivity contribution < 1.29 is 4.79 Å². The fourth-order valence-electron chi connectivity index (χ4n) is 0.363. The monoisotopic (exact) mass is 156 g/mol. The first-order valence-corrected chi connectivity index (χ1v) is 3.54. The van der Waals surface area contributed by atoms with Crippen molar-refractivity contribution in [2.75, 3.05) is 0 Å². The minimum absolute atomic E-state index is 0.103. The molecule has 0 saturated heterocycles. The molecule has 0 aliphatic rings. The Morgan fingerprint density at radius 1 is 1.20 bits per heavy atom. The number of Topliss-reactive ketones (excluding diaryl/α,β-unsaturated/α-hetero) is 1. The lowest BCUT2D eigenvalue weighted by atomic mass is 10.2. The van der Waals surface area contributed by atoms with E-state index in [1.807, 2.05) is 6.92 Å². The van der Waals surface area contributed by atoms with Crippen LogP contribution in [-0.2, 0) is 4.79 Å². The fourth-order valence-corrected chi connectivity index (χ4v) is 0.437. The Labute approximate surface area is 67.2 Å². The number of thiol groups is 1. The number of carbonyl (C=O) groups excluding carboxylic acids is 1. The van der Waals surface area contributed by atoms with E-state index in [0.29, 0.717) is 0 Å². The van der Waals surface area contributed by atoms with Crippen molar-refractivity contribution in [1.82, 2.24) is 0 Å².